The van der Waals surface area contributed by atoms with Gasteiger partial charge in [-0.05, 0) is 12.1 Å². The molecule has 0 aliphatic heterocycles. The molecule has 4 heteroatoms. The van der Waals surface area contributed by atoms with Crippen LogP contribution in [0.15, 0.2) is 35.1 Å². The first-order valence-corrected chi connectivity index (χ1v) is 3.48. The Bertz CT molecular complexity index is 369. The molecule has 2 aromatic heterocycles. The van der Waals surface area contributed by atoms with Crippen LogP contribution in [-0.4, -0.2) is 9.97 Å². The monoisotopic (exact) mass is 161 g/mol. The number of anilines is 1. The molecule has 0 amide bonds. The molecular weight excluding hydrogens is 154 g/mol. The number of hydrogen-bond acceptors (Lipinski definition) is 4. The predicted octanol–water partition coefficient (Wildman–Crippen LogP) is 1.32. The van der Waals surface area contributed by atoms with Crippen molar-refractivity contribution in [3.8, 4) is 11.6 Å². The van der Waals surface area contributed by atoms with Crippen molar-refractivity contribution in [2.75, 3.05) is 5.73 Å². The molecule has 2 aromatic rings. The Balaban J connectivity index is 2.45. The summed E-state index contributed by atoms with van der Waals surface area (Å²) in [6.45, 7) is 0. The highest BCUT2D eigenvalue weighted by atomic mass is 16.3. The lowest BCUT2D eigenvalue weighted by molar-refractivity contribution is 0.572. The van der Waals surface area contributed by atoms with E-state index in [1.165, 1.54) is 6.26 Å². The second-order valence-corrected chi connectivity index (χ2v) is 2.29. The highest BCUT2D eigenvalue weighted by Crippen LogP contribution is 2.15. The number of nitrogen functional groups attached to an aromatic ring is 1. The zero-order valence-electron chi connectivity index (χ0n) is 6.27. The molecular formula is C8H7N3O. The van der Waals surface area contributed by atoms with E-state index >= 15 is 0 Å². The number of pyridine rings is 1. The molecule has 0 saturated heterocycles. The molecule has 0 aliphatic rings. The summed E-state index contributed by atoms with van der Waals surface area (Å²) in [6, 6.07) is 5.50. The minimum atomic E-state index is 0.371. The molecule has 12 heavy (non-hydrogen) atoms. The van der Waals surface area contributed by atoms with E-state index < -0.39 is 0 Å². The summed E-state index contributed by atoms with van der Waals surface area (Å²) in [5, 5.41) is 0. The molecule has 4 nitrogen and oxygen atoms in total. The Labute approximate surface area is 69.1 Å². The normalized spacial score (nSPS) is 10.0. The summed E-state index contributed by atoms with van der Waals surface area (Å²) in [5.41, 5.74) is 6.07. The molecule has 2 N–H and O–H groups in total. The van der Waals surface area contributed by atoms with Gasteiger partial charge in [0.1, 0.15) is 12.0 Å². The number of nitrogens with zero attached hydrogens (tertiary/aromatic N) is 2. The lowest BCUT2D eigenvalue weighted by Gasteiger charge is -1.90. The average molecular weight is 161 g/mol. The highest BCUT2D eigenvalue weighted by Gasteiger charge is 2.03. The molecule has 0 radical (unpaired) electrons. The van der Waals surface area contributed by atoms with Crippen LogP contribution in [0.3, 0.4) is 0 Å². The number of oxazole rings is 1. The first kappa shape index (κ1) is 6.84. The minimum absolute atomic E-state index is 0.371. The van der Waals surface area contributed by atoms with Gasteiger partial charge in [0.05, 0.1) is 0 Å². The van der Waals surface area contributed by atoms with Gasteiger partial charge in [0.15, 0.2) is 5.82 Å². The number of hydrogen-bond donors (Lipinski definition) is 1. The van der Waals surface area contributed by atoms with Crippen molar-refractivity contribution in [1.82, 2.24) is 9.97 Å². The van der Waals surface area contributed by atoms with Crippen molar-refractivity contribution in [3.63, 3.8) is 0 Å². The van der Waals surface area contributed by atoms with E-state index in [9.17, 15) is 0 Å². The summed E-state index contributed by atoms with van der Waals surface area (Å²) in [7, 11) is 0. The maximum absolute atomic E-state index is 5.38. The van der Waals surface area contributed by atoms with Crippen molar-refractivity contribution < 1.29 is 4.42 Å². The van der Waals surface area contributed by atoms with E-state index in [1.807, 2.05) is 18.2 Å². The van der Waals surface area contributed by atoms with Gasteiger partial charge in [0.2, 0.25) is 5.89 Å². The molecule has 0 bridgehead atoms. The number of aromatic nitrogens is 2. The summed E-state index contributed by atoms with van der Waals surface area (Å²) < 4.78 is 5.05. The van der Waals surface area contributed by atoms with Gasteiger partial charge in [0.25, 0.3) is 0 Å². The first-order chi connectivity index (χ1) is 5.86. The Hall–Kier alpha value is -1.84. The van der Waals surface area contributed by atoms with Gasteiger partial charge in [-0.3, -0.25) is 4.98 Å². The Morgan fingerprint density at radius 3 is 2.83 bits per heavy atom. The van der Waals surface area contributed by atoms with Gasteiger partial charge < -0.3 is 10.2 Å². The van der Waals surface area contributed by atoms with Gasteiger partial charge in [-0.25, -0.2) is 0 Å². The van der Waals surface area contributed by atoms with Crippen LogP contribution < -0.4 is 5.73 Å². The fraction of sp³-hybridized carbons (Fsp3) is 0. The molecule has 0 fully saturated rings. The summed E-state index contributed by atoms with van der Waals surface area (Å²) in [6.07, 6.45) is 3.07. The van der Waals surface area contributed by atoms with Gasteiger partial charge in [-0.2, -0.15) is 4.98 Å². The largest absolute Gasteiger partial charge is 0.441 e. The zero-order valence-corrected chi connectivity index (χ0v) is 6.27. The van der Waals surface area contributed by atoms with E-state index in [1.54, 1.807) is 6.20 Å². The average Bonchev–Trinajstić information content (AvgIpc) is 2.54. The summed E-state index contributed by atoms with van der Waals surface area (Å²) >= 11 is 0. The molecule has 0 unspecified atom stereocenters. The SMILES string of the molecule is Nc1coc(-c2ccccn2)n1. The molecule has 60 valence electrons. The maximum atomic E-state index is 5.38. The van der Waals surface area contributed by atoms with E-state index in [0.29, 0.717) is 17.4 Å². The van der Waals surface area contributed by atoms with E-state index in [4.69, 9.17) is 10.2 Å². The lowest BCUT2D eigenvalue weighted by atomic mass is 10.3. The zero-order chi connectivity index (χ0) is 8.39. The lowest BCUT2D eigenvalue weighted by Crippen LogP contribution is -1.84. The third kappa shape index (κ3) is 1.14. The van der Waals surface area contributed by atoms with Crippen LogP contribution in [0.2, 0.25) is 0 Å². The molecule has 0 spiro atoms. The van der Waals surface area contributed by atoms with Gasteiger partial charge in [0, 0.05) is 6.20 Å². The Kier molecular flexibility index (Phi) is 1.51. The van der Waals surface area contributed by atoms with Crippen molar-refractivity contribution in [3.05, 3.63) is 30.7 Å². The second-order valence-electron chi connectivity index (χ2n) is 2.29. The molecule has 0 aromatic carbocycles. The molecule has 0 saturated carbocycles. The molecule has 2 rings (SSSR count). The third-order valence-corrected chi connectivity index (χ3v) is 1.41. The number of nitrogens with two attached hydrogens (primary N) is 1. The van der Waals surface area contributed by atoms with E-state index in [0.717, 1.165) is 0 Å². The van der Waals surface area contributed by atoms with Crippen LogP contribution >= 0.6 is 0 Å². The van der Waals surface area contributed by atoms with Crippen LogP contribution in [0.1, 0.15) is 0 Å². The van der Waals surface area contributed by atoms with Crippen LogP contribution in [0.5, 0.6) is 0 Å². The minimum Gasteiger partial charge on any atom is -0.441 e. The molecule has 0 aliphatic carbocycles. The predicted molar refractivity (Wildman–Crippen MR) is 44.1 cm³/mol. The quantitative estimate of drug-likeness (QED) is 0.685. The Morgan fingerprint density at radius 2 is 2.25 bits per heavy atom. The van der Waals surface area contributed by atoms with Gasteiger partial charge >= 0.3 is 0 Å². The van der Waals surface area contributed by atoms with Crippen molar-refractivity contribution in [2.45, 2.75) is 0 Å². The second kappa shape index (κ2) is 2.65. The standard InChI is InChI=1S/C8H7N3O/c9-7-5-12-8(11-7)6-3-1-2-4-10-6/h1-5H,9H2. The molecule has 2 heterocycles. The number of rotatable bonds is 1. The van der Waals surface area contributed by atoms with Crippen molar-refractivity contribution in [2.24, 2.45) is 0 Å². The van der Waals surface area contributed by atoms with Crippen molar-refractivity contribution >= 4 is 5.82 Å². The van der Waals surface area contributed by atoms with Crippen LogP contribution in [0.4, 0.5) is 5.82 Å². The topological polar surface area (TPSA) is 64.9 Å². The smallest absolute Gasteiger partial charge is 0.247 e. The summed E-state index contributed by atoms with van der Waals surface area (Å²) in [4.78, 5) is 7.98. The molecule has 0 atom stereocenters. The fourth-order valence-electron chi connectivity index (χ4n) is 0.893. The summed E-state index contributed by atoms with van der Waals surface area (Å²) in [5.74, 6) is 0.823. The van der Waals surface area contributed by atoms with Crippen LogP contribution in [0.25, 0.3) is 11.6 Å². The van der Waals surface area contributed by atoms with Crippen LogP contribution in [0, 0.1) is 0 Å². The maximum Gasteiger partial charge on any atom is 0.247 e. The highest BCUT2D eigenvalue weighted by molar-refractivity contribution is 5.48. The first-order valence-electron chi connectivity index (χ1n) is 3.48. The van der Waals surface area contributed by atoms with Gasteiger partial charge in [-0.1, -0.05) is 6.07 Å². The van der Waals surface area contributed by atoms with Crippen LogP contribution in [-0.2, 0) is 0 Å². The third-order valence-electron chi connectivity index (χ3n) is 1.41. The van der Waals surface area contributed by atoms with E-state index in [-0.39, 0.29) is 0 Å². The van der Waals surface area contributed by atoms with Crippen molar-refractivity contribution in [1.29, 1.82) is 0 Å². The fourth-order valence-corrected chi connectivity index (χ4v) is 0.893. The Morgan fingerprint density at radius 1 is 1.33 bits per heavy atom. The van der Waals surface area contributed by atoms with E-state index in [2.05, 4.69) is 9.97 Å². The van der Waals surface area contributed by atoms with Gasteiger partial charge in [-0.15, -0.1) is 0 Å².